The molecule has 0 aliphatic carbocycles. The Kier molecular flexibility index (Phi) is 5.61. The third-order valence-electron chi connectivity index (χ3n) is 2.85. The van der Waals surface area contributed by atoms with Gasteiger partial charge in [0.2, 0.25) is 0 Å². The van der Waals surface area contributed by atoms with E-state index < -0.39 is 0 Å². The number of benzene rings is 1. The molecule has 0 bridgehead atoms. The first-order chi connectivity index (χ1) is 10.6. The number of ether oxygens (including phenoxy) is 1. The van der Waals surface area contributed by atoms with Crippen molar-refractivity contribution in [2.45, 2.75) is 31.7 Å². The van der Waals surface area contributed by atoms with Crippen molar-refractivity contribution in [3.63, 3.8) is 0 Å². The predicted molar refractivity (Wildman–Crippen MR) is 88.1 cm³/mol. The second-order valence-electron chi connectivity index (χ2n) is 4.86. The van der Waals surface area contributed by atoms with E-state index in [2.05, 4.69) is 21.4 Å². The summed E-state index contributed by atoms with van der Waals surface area (Å²) in [6.45, 7) is 4.52. The summed E-state index contributed by atoms with van der Waals surface area (Å²) in [7, 11) is 0. The van der Waals surface area contributed by atoms with Crippen LogP contribution in [-0.2, 0) is 6.54 Å². The number of anilines is 1. The third-order valence-corrected chi connectivity index (χ3v) is 3.41. The summed E-state index contributed by atoms with van der Waals surface area (Å²) in [6.07, 6.45) is 3.55. The molecule has 0 aliphatic rings. The fraction of sp³-hybridized carbons (Fsp3) is 0.312. The van der Waals surface area contributed by atoms with Crippen molar-refractivity contribution >= 4 is 17.6 Å². The number of hydrogen-bond acceptors (Lipinski definition) is 6. The van der Waals surface area contributed by atoms with E-state index >= 15 is 0 Å². The van der Waals surface area contributed by atoms with Crippen molar-refractivity contribution in [1.82, 2.24) is 9.97 Å². The zero-order chi connectivity index (χ0) is 15.9. The van der Waals surface area contributed by atoms with E-state index in [4.69, 9.17) is 10.00 Å². The highest BCUT2D eigenvalue weighted by Gasteiger charge is 2.09. The lowest BCUT2D eigenvalue weighted by atomic mass is 10.2. The maximum absolute atomic E-state index is 9.15. The minimum Gasteiger partial charge on any atom is -0.491 e. The lowest BCUT2D eigenvalue weighted by Gasteiger charge is -2.15. The zero-order valence-corrected chi connectivity index (χ0v) is 13.6. The second-order valence-corrected chi connectivity index (χ2v) is 5.63. The molecule has 114 valence electrons. The van der Waals surface area contributed by atoms with Crippen molar-refractivity contribution in [3.05, 3.63) is 41.6 Å². The van der Waals surface area contributed by atoms with Crippen LogP contribution in [-0.4, -0.2) is 22.3 Å². The van der Waals surface area contributed by atoms with Crippen LogP contribution < -0.4 is 10.1 Å². The largest absolute Gasteiger partial charge is 0.491 e. The molecular weight excluding hydrogens is 296 g/mol. The van der Waals surface area contributed by atoms with E-state index in [1.54, 1.807) is 0 Å². The number of hydrogen-bond donors (Lipinski definition) is 1. The van der Waals surface area contributed by atoms with Gasteiger partial charge in [0.05, 0.1) is 12.3 Å². The molecule has 0 saturated heterocycles. The van der Waals surface area contributed by atoms with E-state index in [-0.39, 0.29) is 6.10 Å². The van der Waals surface area contributed by atoms with Crippen LogP contribution in [0.5, 0.6) is 5.75 Å². The lowest BCUT2D eigenvalue weighted by molar-refractivity contribution is 0.240. The smallest absolute Gasteiger partial charge is 0.189 e. The fourth-order valence-corrected chi connectivity index (χ4v) is 2.22. The average Bonchev–Trinajstić information content (AvgIpc) is 2.53. The Morgan fingerprint density at radius 2 is 2.14 bits per heavy atom. The van der Waals surface area contributed by atoms with Gasteiger partial charge in [0, 0.05) is 12.1 Å². The van der Waals surface area contributed by atoms with Gasteiger partial charge in [-0.25, -0.2) is 9.97 Å². The van der Waals surface area contributed by atoms with E-state index in [0.717, 1.165) is 11.3 Å². The molecule has 0 amide bonds. The summed E-state index contributed by atoms with van der Waals surface area (Å²) in [5, 5.41) is 13.0. The van der Waals surface area contributed by atoms with Crippen LogP contribution in [0.4, 0.5) is 5.82 Å². The maximum atomic E-state index is 9.15. The molecule has 0 saturated carbocycles. The summed E-state index contributed by atoms with van der Waals surface area (Å²) < 4.78 is 5.79. The average molecular weight is 314 g/mol. The molecule has 2 aromatic rings. The zero-order valence-electron chi connectivity index (χ0n) is 12.8. The first-order valence-electron chi connectivity index (χ1n) is 6.93. The van der Waals surface area contributed by atoms with Crippen molar-refractivity contribution < 1.29 is 4.74 Å². The number of thioether (sulfide) groups is 1. The number of nitrogens with one attached hydrogen (secondary N) is 1. The van der Waals surface area contributed by atoms with Crippen LogP contribution in [0.1, 0.15) is 25.0 Å². The molecule has 0 atom stereocenters. The number of aromatic nitrogens is 2. The number of rotatable bonds is 6. The van der Waals surface area contributed by atoms with Gasteiger partial charge in [0.25, 0.3) is 0 Å². The molecule has 22 heavy (non-hydrogen) atoms. The van der Waals surface area contributed by atoms with Gasteiger partial charge in [-0.1, -0.05) is 30.0 Å². The van der Waals surface area contributed by atoms with Gasteiger partial charge < -0.3 is 10.1 Å². The van der Waals surface area contributed by atoms with Gasteiger partial charge in [-0.2, -0.15) is 5.26 Å². The summed E-state index contributed by atoms with van der Waals surface area (Å²) in [5.41, 5.74) is 1.45. The number of nitriles is 1. The highest BCUT2D eigenvalue weighted by molar-refractivity contribution is 7.98. The lowest BCUT2D eigenvalue weighted by Crippen LogP contribution is -2.10. The molecule has 0 unspecified atom stereocenters. The van der Waals surface area contributed by atoms with Gasteiger partial charge >= 0.3 is 0 Å². The van der Waals surface area contributed by atoms with E-state index in [0.29, 0.717) is 23.1 Å². The van der Waals surface area contributed by atoms with Crippen molar-refractivity contribution in [3.8, 4) is 11.8 Å². The van der Waals surface area contributed by atoms with Crippen LogP contribution in [0, 0.1) is 11.3 Å². The van der Waals surface area contributed by atoms with Crippen LogP contribution in [0.15, 0.2) is 35.6 Å². The Hall–Kier alpha value is -2.26. The summed E-state index contributed by atoms with van der Waals surface area (Å²) in [4.78, 5) is 8.45. The van der Waals surface area contributed by atoms with Gasteiger partial charge in [-0.15, -0.1) is 0 Å². The normalized spacial score (nSPS) is 10.3. The Morgan fingerprint density at radius 1 is 1.36 bits per heavy atom. The molecule has 5 nitrogen and oxygen atoms in total. The topological polar surface area (TPSA) is 70.8 Å². The summed E-state index contributed by atoms with van der Waals surface area (Å²) in [5.74, 6) is 1.38. The van der Waals surface area contributed by atoms with Crippen LogP contribution in [0.3, 0.4) is 0 Å². The number of nitrogens with zero attached hydrogens (tertiary/aromatic N) is 3. The predicted octanol–water partition coefficient (Wildman–Crippen LogP) is 3.47. The third kappa shape index (κ3) is 4.12. The van der Waals surface area contributed by atoms with Crippen molar-refractivity contribution in [2.24, 2.45) is 0 Å². The maximum Gasteiger partial charge on any atom is 0.189 e. The van der Waals surface area contributed by atoms with Gasteiger partial charge in [0.1, 0.15) is 23.2 Å². The highest BCUT2D eigenvalue weighted by atomic mass is 32.2. The SMILES string of the molecule is CSc1ncc(C#N)c(NCc2ccccc2OC(C)C)n1. The van der Waals surface area contributed by atoms with Gasteiger partial charge in [-0.05, 0) is 26.2 Å². The van der Waals surface area contributed by atoms with E-state index in [1.807, 2.05) is 44.4 Å². The van der Waals surface area contributed by atoms with Crippen LogP contribution in [0.2, 0.25) is 0 Å². The minimum absolute atomic E-state index is 0.109. The standard InChI is InChI=1S/C16H18N4OS/c1-11(2)21-14-7-5-4-6-12(14)9-18-15-13(8-17)10-19-16(20-15)22-3/h4-7,10-11H,9H2,1-3H3,(H,18,19,20). The Morgan fingerprint density at radius 3 is 2.82 bits per heavy atom. The van der Waals surface area contributed by atoms with Crippen molar-refractivity contribution in [1.29, 1.82) is 5.26 Å². The first-order valence-corrected chi connectivity index (χ1v) is 8.16. The van der Waals surface area contributed by atoms with E-state index in [1.165, 1.54) is 18.0 Å². The Bertz CT molecular complexity index is 682. The molecule has 1 aromatic carbocycles. The Balaban J connectivity index is 2.18. The molecule has 2 rings (SSSR count). The Labute approximate surface area is 134 Å². The van der Waals surface area contributed by atoms with Crippen molar-refractivity contribution in [2.75, 3.05) is 11.6 Å². The number of para-hydroxylation sites is 1. The fourth-order valence-electron chi connectivity index (χ4n) is 1.88. The molecule has 0 spiro atoms. The summed E-state index contributed by atoms with van der Waals surface area (Å²) >= 11 is 1.44. The van der Waals surface area contributed by atoms with Gasteiger partial charge in [-0.3, -0.25) is 0 Å². The first kappa shape index (κ1) is 16.1. The molecular formula is C16H18N4OS. The monoisotopic (exact) mass is 314 g/mol. The molecule has 1 aromatic heterocycles. The molecule has 6 heteroatoms. The molecule has 0 fully saturated rings. The van der Waals surface area contributed by atoms with E-state index in [9.17, 15) is 0 Å². The summed E-state index contributed by atoms with van der Waals surface area (Å²) in [6, 6.07) is 9.94. The molecule has 1 heterocycles. The quantitative estimate of drug-likeness (QED) is 0.650. The second kappa shape index (κ2) is 7.66. The van der Waals surface area contributed by atoms with Gasteiger partial charge in [0.15, 0.2) is 5.16 Å². The highest BCUT2D eigenvalue weighted by Crippen LogP contribution is 2.22. The van der Waals surface area contributed by atoms with Crippen LogP contribution >= 0.6 is 11.8 Å². The minimum atomic E-state index is 0.109. The molecule has 0 radical (unpaired) electrons. The molecule has 1 N–H and O–H groups in total. The molecule has 0 aliphatic heterocycles. The van der Waals surface area contributed by atoms with Crippen LogP contribution in [0.25, 0.3) is 0 Å².